The summed E-state index contributed by atoms with van der Waals surface area (Å²) >= 11 is 0. The Morgan fingerprint density at radius 3 is 2.10 bits per heavy atom. The number of aliphatic hydroxyl groups excluding tert-OH is 2. The Bertz CT molecular complexity index is 2120. The lowest BCUT2D eigenvalue weighted by Gasteiger charge is -2.38. The van der Waals surface area contributed by atoms with Crippen molar-refractivity contribution in [2.24, 2.45) is 28.8 Å². The van der Waals surface area contributed by atoms with Gasteiger partial charge >= 0.3 is 11.8 Å². The number of nitrogens with zero attached hydrogens (tertiary/aromatic N) is 2. The molecular weight excluding hydrogens is 811 g/mol. The Kier molecular flexibility index (Phi) is 16.3. The Morgan fingerprint density at radius 2 is 1.49 bits per heavy atom. The number of methoxy groups -OCH3 is 1. The first kappa shape index (κ1) is 48.9. The molecule has 9 atom stereocenters. The van der Waals surface area contributed by atoms with E-state index < -0.39 is 88.8 Å². The fraction of sp³-hybridized carbons (Fsp3) is 0.583. The molecule has 1 amide bonds. The summed E-state index contributed by atoms with van der Waals surface area (Å²) in [5, 5.41) is 67.8. The summed E-state index contributed by atoms with van der Waals surface area (Å²) in [4.78, 5) is 40.8. The molecule has 6 N–H and O–H groups in total. The fourth-order valence-corrected chi connectivity index (χ4v) is 8.89. The molecule has 4 heterocycles. The predicted octanol–water partition coefficient (Wildman–Crippen LogP) is 7.52. The van der Waals surface area contributed by atoms with Crippen LogP contribution in [0.25, 0.3) is 10.8 Å². The first-order valence-electron chi connectivity index (χ1n) is 22.2. The number of allylic oxidation sites excluding steroid dienone is 2. The number of aromatic hydroxyl groups is 3. The second-order valence-corrected chi connectivity index (χ2v) is 17.6. The van der Waals surface area contributed by atoms with Crippen molar-refractivity contribution in [1.29, 1.82) is 0 Å². The Morgan fingerprint density at radius 1 is 0.873 bits per heavy atom. The molecule has 4 aliphatic rings. The molecule has 4 aliphatic heterocycles. The van der Waals surface area contributed by atoms with E-state index in [0.29, 0.717) is 13.1 Å². The van der Waals surface area contributed by atoms with Crippen molar-refractivity contribution in [3.63, 3.8) is 0 Å². The van der Waals surface area contributed by atoms with Crippen LogP contribution in [-0.2, 0) is 23.8 Å². The summed E-state index contributed by atoms with van der Waals surface area (Å²) in [6.07, 6.45) is 13.5. The number of hydrogen-bond acceptors (Lipinski definition) is 14. The Balaban J connectivity index is 1.70. The van der Waals surface area contributed by atoms with Crippen molar-refractivity contribution in [1.82, 2.24) is 5.01 Å². The third kappa shape index (κ3) is 10.6. The molecule has 2 aromatic carbocycles. The number of hydrogen-bond donors (Lipinski definition) is 6. The van der Waals surface area contributed by atoms with E-state index in [1.54, 1.807) is 46.8 Å². The molecule has 0 aliphatic carbocycles. The number of esters is 1. The van der Waals surface area contributed by atoms with Gasteiger partial charge < -0.3 is 49.8 Å². The van der Waals surface area contributed by atoms with Gasteiger partial charge in [-0.05, 0) is 32.8 Å². The van der Waals surface area contributed by atoms with Crippen LogP contribution in [0.3, 0.4) is 0 Å². The zero-order valence-corrected chi connectivity index (χ0v) is 38.1. The van der Waals surface area contributed by atoms with Gasteiger partial charge in [-0.25, -0.2) is 0 Å². The molecule has 1 fully saturated rings. The highest BCUT2D eigenvalue weighted by atomic mass is 16.7. The lowest BCUT2D eigenvalue weighted by Crippen LogP contribution is -2.46. The zero-order valence-electron chi connectivity index (χ0n) is 38.1. The van der Waals surface area contributed by atoms with Crippen LogP contribution in [0.2, 0.25) is 0 Å². The number of Topliss-reactive ketones (excluding diaryl/α,β-unsaturated/α-hetero) is 1. The maximum Gasteiger partial charge on any atom is 0.312 e. The molecule has 2 aromatic rings. The van der Waals surface area contributed by atoms with E-state index in [2.05, 4.69) is 5.32 Å². The number of phenols is 3. The number of ether oxygens (including phenoxy) is 4. The number of nitrogens with one attached hydrogen (secondary N) is 1. The largest absolute Gasteiger partial charge is 0.507 e. The molecule has 0 spiro atoms. The average molecular weight is 878 g/mol. The van der Waals surface area contributed by atoms with Crippen LogP contribution >= 0.6 is 0 Å². The lowest BCUT2D eigenvalue weighted by molar-refractivity contribution is -0.160. The third-order valence-corrected chi connectivity index (χ3v) is 13.0. The number of rotatable bonds is 4. The van der Waals surface area contributed by atoms with E-state index in [1.165, 1.54) is 65.4 Å². The highest BCUT2D eigenvalue weighted by molar-refractivity contribution is 6.23. The fourth-order valence-electron chi connectivity index (χ4n) is 8.89. The van der Waals surface area contributed by atoms with Crippen molar-refractivity contribution in [3.05, 3.63) is 52.8 Å². The molecule has 9 unspecified atom stereocenters. The van der Waals surface area contributed by atoms with E-state index >= 15 is 0 Å². The van der Waals surface area contributed by atoms with E-state index in [-0.39, 0.29) is 44.5 Å². The van der Waals surface area contributed by atoms with Gasteiger partial charge in [0.2, 0.25) is 0 Å². The minimum absolute atomic E-state index is 0.0662. The van der Waals surface area contributed by atoms with E-state index in [4.69, 9.17) is 24.0 Å². The summed E-state index contributed by atoms with van der Waals surface area (Å²) in [6.45, 7) is 13.9. The van der Waals surface area contributed by atoms with Crippen molar-refractivity contribution in [3.8, 4) is 23.0 Å². The van der Waals surface area contributed by atoms with Crippen molar-refractivity contribution < 1.29 is 58.9 Å². The molecule has 1 saturated heterocycles. The number of carbonyl (C=O) groups is 3. The van der Waals surface area contributed by atoms with E-state index in [9.17, 15) is 39.9 Å². The summed E-state index contributed by atoms with van der Waals surface area (Å²) in [5.41, 5.74) is -0.263. The number of anilines is 1. The number of fused-ring (bicyclic) bond motifs is 14. The molecule has 0 radical (unpaired) electrons. The number of hydrazone groups is 1. The SMILES string of the molecule is COC1/C=C/OC2(C)Oc3c(C)c(O)c4c(O)c(c(/C=N\N5CCCCCCCCCC5)c(O)c4c3C2=O)NC(=O)/C(C)=C/C=C/C(C)C(O)C(C)C(O)C(C)C(OC(C)=O)C1C. The van der Waals surface area contributed by atoms with Gasteiger partial charge in [0.25, 0.3) is 11.7 Å². The molecule has 6 rings (SSSR count). The predicted molar refractivity (Wildman–Crippen MR) is 240 cm³/mol. The van der Waals surface area contributed by atoms with Crippen LogP contribution in [0.4, 0.5) is 5.69 Å². The number of benzene rings is 2. The first-order valence-corrected chi connectivity index (χ1v) is 22.2. The van der Waals surface area contributed by atoms with Gasteiger partial charge in [0.1, 0.15) is 23.4 Å². The number of carbonyl (C=O) groups excluding carboxylic acids is 3. The molecule has 0 aromatic heterocycles. The summed E-state index contributed by atoms with van der Waals surface area (Å²) in [7, 11) is 1.45. The van der Waals surface area contributed by atoms with Crippen LogP contribution in [0.15, 0.2) is 41.2 Å². The average Bonchev–Trinajstić information content (AvgIpc) is 3.48. The standard InChI is InChI=1S/C48H67N3O12/c1-26-19-18-20-27(2)47(59)50-38-33(25-49-51-22-16-14-12-10-11-13-15-17-23-51)42(56)35-36(43(38)57)41(55)31(6)45-37(35)46(58)48(8,63-45)61-24-21-34(60-9)28(3)44(62-32(7)52)30(5)40(54)29(4)39(26)53/h18-21,24-26,28-30,34,39-40,44,53-57H,10-17,22-23H2,1-9H3,(H,50,59)/b19-18+,24-21+,27-20+,49-25-. The number of ketones is 1. The van der Waals surface area contributed by atoms with Crippen LogP contribution in [0.5, 0.6) is 23.0 Å². The van der Waals surface area contributed by atoms with Crippen molar-refractivity contribution in [2.45, 2.75) is 137 Å². The molecule has 346 valence electrons. The lowest BCUT2D eigenvalue weighted by atomic mass is 9.78. The maximum absolute atomic E-state index is 14.6. The van der Waals surface area contributed by atoms with Gasteiger partial charge in [0.15, 0.2) is 5.75 Å². The summed E-state index contributed by atoms with van der Waals surface area (Å²) in [6, 6.07) is 0. The number of aliphatic hydroxyl groups is 2. The normalized spacial score (nSPS) is 31.4. The van der Waals surface area contributed by atoms with Crippen LogP contribution in [-0.4, -0.2) is 105 Å². The number of phenolic OH excluding ortho intramolecular Hbond substituents is 3. The van der Waals surface area contributed by atoms with Gasteiger partial charge in [-0.1, -0.05) is 84.4 Å². The smallest absolute Gasteiger partial charge is 0.312 e. The molecule has 0 saturated carbocycles. The van der Waals surface area contributed by atoms with Gasteiger partial charge in [-0.2, -0.15) is 5.10 Å². The molecule has 63 heavy (non-hydrogen) atoms. The van der Waals surface area contributed by atoms with Crippen LogP contribution < -0.4 is 10.1 Å². The van der Waals surface area contributed by atoms with Gasteiger partial charge in [0, 0.05) is 74.2 Å². The minimum atomic E-state index is -2.04. The van der Waals surface area contributed by atoms with Gasteiger partial charge in [0.05, 0.1) is 53.0 Å². The highest BCUT2D eigenvalue weighted by Crippen LogP contribution is 2.55. The van der Waals surface area contributed by atoms with Gasteiger partial charge in [-0.15, -0.1) is 0 Å². The minimum Gasteiger partial charge on any atom is -0.507 e. The monoisotopic (exact) mass is 877 g/mol. The van der Waals surface area contributed by atoms with E-state index in [1.807, 2.05) is 5.01 Å². The highest BCUT2D eigenvalue weighted by Gasteiger charge is 2.50. The zero-order chi connectivity index (χ0) is 46.3. The van der Waals surface area contributed by atoms with Crippen LogP contribution in [0, 0.1) is 30.6 Å². The Hall–Kier alpha value is -5.12. The van der Waals surface area contributed by atoms with Crippen LogP contribution in [0.1, 0.15) is 121 Å². The summed E-state index contributed by atoms with van der Waals surface area (Å²) in [5.74, 6) is -8.24. The molecule has 5 bridgehead atoms. The second-order valence-electron chi connectivity index (χ2n) is 17.6. The number of amides is 1. The molecular formula is C48H67N3O12. The summed E-state index contributed by atoms with van der Waals surface area (Å²) < 4.78 is 23.7. The quantitative estimate of drug-likeness (QED) is 0.0759. The second kappa shape index (κ2) is 21.0. The maximum atomic E-state index is 14.6. The van der Waals surface area contributed by atoms with E-state index in [0.717, 1.165) is 38.5 Å². The van der Waals surface area contributed by atoms with Crippen molar-refractivity contribution >= 4 is 40.3 Å². The van der Waals surface area contributed by atoms with Gasteiger partial charge in [-0.3, -0.25) is 19.4 Å². The molecule has 15 nitrogen and oxygen atoms in total. The third-order valence-electron chi connectivity index (χ3n) is 13.0. The first-order chi connectivity index (χ1) is 29.8. The topological polar surface area (TPSA) is 217 Å². The molecule has 15 heteroatoms. The Labute approximate surface area is 370 Å². The van der Waals surface area contributed by atoms with Crippen molar-refractivity contribution in [2.75, 3.05) is 25.5 Å².